The Labute approximate surface area is 82.1 Å². The van der Waals surface area contributed by atoms with Crippen molar-refractivity contribution < 1.29 is 5.11 Å². The van der Waals surface area contributed by atoms with Crippen LogP contribution in [-0.2, 0) is 0 Å². The summed E-state index contributed by atoms with van der Waals surface area (Å²) in [4.78, 5) is 2.00. The highest BCUT2D eigenvalue weighted by Crippen LogP contribution is 1.95. The van der Waals surface area contributed by atoms with Crippen molar-refractivity contribution >= 4 is 0 Å². The lowest BCUT2D eigenvalue weighted by molar-refractivity contribution is 0.131. The molecule has 2 N–H and O–H groups in total. The molecule has 0 bridgehead atoms. The van der Waals surface area contributed by atoms with E-state index in [-0.39, 0.29) is 6.10 Å². The predicted octanol–water partition coefficient (Wildman–Crippen LogP) is 0.687. The molecule has 0 aliphatic heterocycles. The first-order chi connectivity index (χ1) is 6.06. The number of hydrogen-bond donors (Lipinski definition) is 2. The minimum atomic E-state index is -0.255. The van der Waals surface area contributed by atoms with E-state index in [1.807, 2.05) is 19.0 Å². The van der Waals surface area contributed by atoms with Gasteiger partial charge >= 0.3 is 0 Å². The van der Waals surface area contributed by atoms with Crippen molar-refractivity contribution in [3.05, 3.63) is 0 Å². The molecule has 3 nitrogen and oxygen atoms in total. The van der Waals surface area contributed by atoms with Gasteiger partial charge in [0.2, 0.25) is 0 Å². The molecule has 0 aliphatic carbocycles. The second-order valence-corrected chi connectivity index (χ2v) is 4.01. The average molecular weight is 188 g/mol. The normalized spacial score (nSPS) is 16.2. The highest BCUT2D eigenvalue weighted by atomic mass is 16.3. The van der Waals surface area contributed by atoms with E-state index in [9.17, 15) is 5.11 Å². The molecule has 0 saturated carbocycles. The van der Waals surface area contributed by atoms with Gasteiger partial charge in [-0.25, -0.2) is 0 Å². The molecule has 80 valence electrons. The smallest absolute Gasteiger partial charge is 0.0791 e. The average Bonchev–Trinajstić information content (AvgIpc) is 2.00. The molecule has 0 aromatic heterocycles. The van der Waals surface area contributed by atoms with Crippen LogP contribution in [0.4, 0.5) is 0 Å². The van der Waals surface area contributed by atoms with Crippen molar-refractivity contribution in [2.45, 2.75) is 38.8 Å². The molecule has 0 radical (unpaired) electrons. The first-order valence-electron chi connectivity index (χ1n) is 5.12. The lowest BCUT2D eigenvalue weighted by Crippen LogP contribution is -2.38. The molecule has 2 atom stereocenters. The quantitative estimate of drug-likeness (QED) is 0.617. The van der Waals surface area contributed by atoms with Crippen LogP contribution in [-0.4, -0.2) is 49.3 Å². The van der Waals surface area contributed by atoms with Crippen LogP contribution in [0, 0.1) is 0 Å². The third-order valence-corrected chi connectivity index (χ3v) is 2.00. The van der Waals surface area contributed by atoms with Gasteiger partial charge in [0.1, 0.15) is 0 Å². The van der Waals surface area contributed by atoms with Gasteiger partial charge in [0.15, 0.2) is 0 Å². The van der Waals surface area contributed by atoms with Crippen molar-refractivity contribution in [2.75, 3.05) is 27.2 Å². The zero-order chi connectivity index (χ0) is 10.3. The number of likely N-dealkylation sites (N-methyl/N-ethyl adjacent to an activating group) is 1. The molecule has 0 aromatic carbocycles. The lowest BCUT2D eigenvalue weighted by atomic mass is 10.2. The Hall–Kier alpha value is -0.120. The van der Waals surface area contributed by atoms with Crippen LogP contribution in [0.5, 0.6) is 0 Å². The van der Waals surface area contributed by atoms with Gasteiger partial charge in [0.25, 0.3) is 0 Å². The van der Waals surface area contributed by atoms with Crippen molar-refractivity contribution in [3.63, 3.8) is 0 Å². The molecule has 0 aromatic rings. The fourth-order valence-corrected chi connectivity index (χ4v) is 1.36. The fraction of sp³-hybridized carbons (Fsp3) is 1.00. The lowest BCUT2D eigenvalue weighted by Gasteiger charge is -2.19. The van der Waals surface area contributed by atoms with E-state index in [0.717, 1.165) is 6.54 Å². The van der Waals surface area contributed by atoms with Gasteiger partial charge in [-0.15, -0.1) is 0 Å². The van der Waals surface area contributed by atoms with Gasteiger partial charge in [0.05, 0.1) is 6.10 Å². The number of rotatable bonds is 7. The SMILES string of the molecule is CCCC(C)NCC(O)CN(C)C. The second kappa shape index (κ2) is 7.30. The second-order valence-electron chi connectivity index (χ2n) is 4.01. The van der Waals surface area contributed by atoms with Gasteiger partial charge < -0.3 is 15.3 Å². The largest absolute Gasteiger partial charge is 0.390 e. The third-order valence-electron chi connectivity index (χ3n) is 2.00. The summed E-state index contributed by atoms with van der Waals surface area (Å²) < 4.78 is 0. The number of aliphatic hydroxyl groups excluding tert-OH is 1. The predicted molar refractivity (Wildman–Crippen MR) is 56.9 cm³/mol. The van der Waals surface area contributed by atoms with Crippen LogP contribution in [0.3, 0.4) is 0 Å². The molecule has 2 unspecified atom stereocenters. The van der Waals surface area contributed by atoms with Crippen molar-refractivity contribution in [1.29, 1.82) is 0 Å². The van der Waals surface area contributed by atoms with Gasteiger partial charge in [-0.3, -0.25) is 0 Å². The molecule has 0 saturated heterocycles. The molecule has 0 rings (SSSR count). The van der Waals surface area contributed by atoms with Crippen LogP contribution in [0.25, 0.3) is 0 Å². The van der Waals surface area contributed by atoms with Crippen LogP contribution in [0.2, 0.25) is 0 Å². The molecule has 0 spiro atoms. The van der Waals surface area contributed by atoms with Crippen LogP contribution >= 0.6 is 0 Å². The van der Waals surface area contributed by atoms with E-state index in [4.69, 9.17) is 0 Å². The van der Waals surface area contributed by atoms with Gasteiger partial charge in [-0.1, -0.05) is 13.3 Å². The summed E-state index contributed by atoms with van der Waals surface area (Å²) in [6.45, 7) is 5.76. The first kappa shape index (κ1) is 12.9. The van der Waals surface area contributed by atoms with E-state index in [0.29, 0.717) is 12.6 Å². The Morgan fingerprint density at radius 2 is 2.00 bits per heavy atom. The standard InChI is InChI=1S/C10H24N2O/c1-5-6-9(2)11-7-10(13)8-12(3)4/h9-11,13H,5-8H2,1-4H3. The van der Waals surface area contributed by atoms with Crippen LogP contribution in [0.15, 0.2) is 0 Å². The van der Waals surface area contributed by atoms with Crippen molar-refractivity contribution in [2.24, 2.45) is 0 Å². The molecule has 3 heteroatoms. The summed E-state index contributed by atoms with van der Waals surface area (Å²) in [6, 6.07) is 0.516. The van der Waals surface area contributed by atoms with Crippen LogP contribution in [0.1, 0.15) is 26.7 Å². The highest BCUT2D eigenvalue weighted by molar-refractivity contribution is 4.66. The van der Waals surface area contributed by atoms with E-state index in [1.54, 1.807) is 0 Å². The number of nitrogens with zero attached hydrogens (tertiary/aromatic N) is 1. The molecular formula is C10H24N2O. The Morgan fingerprint density at radius 3 is 2.46 bits per heavy atom. The van der Waals surface area contributed by atoms with E-state index < -0.39 is 0 Å². The van der Waals surface area contributed by atoms with E-state index >= 15 is 0 Å². The summed E-state index contributed by atoms with van der Waals surface area (Å²) in [7, 11) is 3.94. The maximum Gasteiger partial charge on any atom is 0.0791 e. The topological polar surface area (TPSA) is 35.5 Å². The number of aliphatic hydroxyl groups is 1. The maximum absolute atomic E-state index is 9.53. The van der Waals surface area contributed by atoms with Gasteiger partial charge in [-0.05, 0) is 27.4 Å². The summed E-state index contributed by atoms with van der Waals surface area (Å²) >= 11 is 0. The van der Waals surface area contributed by atoms with Gasteiger partial charge in [0, 0.05) is 19.1 Å². The Kier molecular flexibility index (Phi) is 7.23. The first-order valence-corrected chi connectivity index (χ1v) is 5.12. The maximum atomic E-state index is 9.53. The summed E-state index contributed by atoms with van der Waals surface area (Å²) in [5.41, 5.74) is 0. The minimum Gasteiger partial charge on any atom is -0.390 e. The Balaban J connectivity index is 3.40. The Morgan fingerprint density at radius 1 is 1.38 bits per heavy atom. The third kappa shape index (κ3) is 8.22. The Bertz CT molecular complexity index is 117. The number of hydrogen-bond acceptors (Lipinski definition) is 3. The number of nitrogens with one attached hydrogen (secondary N) is 1. The van der Waals surface area contributed by atoms with Crippen LogP contribution < -0.4 is 5.32 Å². The molecule has 13 heavy (non-hydrogen) atoms. The molecular weight excluding hydrogens is 164 g/mol. The fourth-order valence-electron chi connectivity index (χ4n) is 1.36. The van der Waals surface area contributed by atoms with E-state index in [1.165, 1.54) is 12.8 Å². The molecule has 0 amide bonds. The summed E-state index contributed by atoms with van der Waals surface area (Å²) in [5.74, 6) is 0. The zero-order valence-electron chi connectivity index (χ0n) is 9.38. The zero-order valence-corrected chi connectivity index (χ0v) is 9.38. The van der Waals surface area contributed by atoms with Crippen molar-refractivity contribution in [1.82, 2.24) is 10.2 Å². The van der Waals surface area contributed by atoms with Crippen molar-refractivity contribution in [3.8, 4) is 0 Å². The summed E-state index contributed by atoms with van der Waals surface area (Å²) in [6.07, 6.45) is 2.11. The molecule has 0 fully saturated rings. The molecule has 0 aliphatic rings. The summed E-state index contributed by atoms with van der Waals surface area (Å²) in [5, 5.41) is 12.8. The van der Waals surface area contributed by atoms with E-state index in [2.05, 4.69) is 19.2 Å². The molecule has 0 heterocycles. The highest BCUT2D eigenvalue weighted by Gasteiger charge is 2.06. The monoisotopic (exact) mass is 188 g/mol. The van der Waals surface area contributed by atoms with Gasteiger partial charge in [-0.2, -0.15) is 0 Å². The minimum absolute atomic E-state index is 0.255.